The van der Waals surface area contributed by atoms with E-state index < -0.39 is 12.0 Å². The Morgan fingerprint density at radius 2 is 1.77 bits per heavy atom. The zero-order valence-electron chi connectivity index (χ0n) is 21.3. The minimum atomic E-state index is -0.648. The number of ether oxygens (including phenoxy) is 2. The van der Waals surface area contributed by atoms with E-state index in [1.165, 1.54) is 22.7 Å². The number of thiophene rings is 1. The largest absolute Gasteiger partial charge is 0.496 e. The normalized spacial score (nSPS) is 15.2. The molecule has 0 aliphatic carbocycles. The predicted octanol–water partition coefficient (Wildman–Crippen LogP) is 5.16. The summed E-state index contributed by atoms with van der Waals surface area (Å²) >= 11 is 2.81. The minimum absolute atomic E-state index is 0.203. The number of thiazole rings is 1. The van der Waals surface area contributed by atoms with Gasteiger partial charge < -0.3 is 9.47 Å². The Bertz CT molecular complexity index is 1900. The average molecular weight is 553 g/mol. The van der Waals surface area contributed by atoms with Gasteiger partial charge >= 0.3 is 5.97 Å². The molecule has 1 aliphatic rings. The lowest BCUT2D eigenvalue weighted by Gasteiger charge is -2.24. The van der Waals surface area contributed by atoms with Gasteiger partial charge in [0, 0.05) is 15.8 Å². The van der Waals surface area contributed by atoms with Crippen LogP contribution in [0.3, 0.4) is 0 Å². The van der Waals surface area contributed by atoms with E-state index in [0.29, 0.717) is 20.6 Å². The van der Waals surface area contributed by atoms with E-state index in [2.05, 4.69) is 0 Å². The first-order valence-electron chi connectivity index (χ1n) is 12.5. The summed E-state index contributed by atoms with van der Waals surface area (Å²) in [5, 5.41) is 3.89. The lowest BCUT2D eigenvalue weighted by molar-refractivity contribution is -0.138. The molecule has 6 nitrogen and oxygen atoms in total. The van der Waals surface area contributed by atoms with Gasteiger partial charge in [0.25, 0.3) is 5.56 Å². The number of benzene rings is 3. The van der Waals surface area contributed by atoms with Gasteiger partial charge in [0.2, 0.25) is 0 Å². The smallest absolute Gasteiger partial charge is 0.338 e. The van der Waals surface area contributed by atoms with Crippen molar-refractivity contribution >= 4 is 51.2 Å². The van der Waals surface area contributed by atoms with Crippen molar-refractivity contribution < 1.29 is 14.3 Å². The van der Waals surface area contributed by atoms with E-state index >= 15 is 0 Å². The molecular weight excluding hydrogens is 528 g/mol. The van der Waals surface area contributed by atoms with Crippen LogP contribution in [0.15, 0.2) is 99.6 Å². The third kappa shape index (κ3) is 4.41. The highest BCUT2D eigenvalue weighted by atomic mass is 32.1. The fourth-order valence-electron chi connectivity index (χ4n) is 4.90. The van der Waals surface area contributed by atoms with Gasteiger partial charge in [0.15, 0.2) is 4.80 Å². The van der Waals surface area contributed by atoms with Crippen LogP contribution >= 0.6 is 22.7 Å². The van der Waals surface area contributed by atoms with Crippen LogP contribution in [0.4, 0.5) is 0 Å². The standard InChI is InChI=1S/C31H24N2O4S2/c1-3-37-30(35)26-27(19-10-5-4-6-11-19)32-31-33(28(26)24-14-9-17-38-24)29(34)25(39-31)18-20-15-16-23(36-2)22-13-8-7-12-21(20)22/h4-18,28H,3H2,1-2H3/t28-/m0/s1. The number of hydrogen-bond acceptors (Lipinski definition) is 7. The van der Waals surface area contributed by atoms with Crippen molar-refractivity contribution in [1.29, 1.82) is 0 Å². The fraction of sp³-hybridized carbons (Fsp3) is 0.129. The Labute approximate surface area is 232 Å². The predicted molar refractivity (Wildman–Crippen MR) is 156 cm³/mol. The van der Waals surface area contributed by atoms with Gasteiger partial charge in [-0.1, -0.05) is 78.1 Å². The number of methoxy groups -OCH3 is 1. The van der Waals surface area contributed by atoms with E-state index in [1.54, 1.807) is 18.6 Å². The van der Waals surface area contributed by atoms with Crippen LogP contribution in [-0.2, 0) is 9.53 Å². The lowest BCUT2D eigenvalue weighted by Crippen LogP contribution is -2.39. The van der Waals surface area contributed by atoms with Crippen molar-refractivity contribution in [3.05, 3.63) is 126 Å². The monoisotopic (exact) mass is 552 g/mol. The molecule has 194 valence electrons. The summed E-state index contributed by atoms with van der Waals surface area (Å²) in [5.74, 6) is 0.294. The van der Waals surface area contributed by atoms with Crippen molar-refractivity contribution in [2.24, 2.45) is 4.99 Å². The van der Waals surface area contributed by atoms with Crippen LogP contribution in [0.1, 0.15) is 29.0 Å². The molecule has 0 saturated carbocycles. The lowest BCUT2D eigenvalue weighted by atomic mass is 9.97. The number of carbonyl (C=O) groups is 1. The second kappa shape index (κ2) is 10.5. The van der Waals surface area contributed by atoms with Crippen LogP contribution in [0.2, 0.25) is 0 Å². The van der Waals surface area contributed by atoms with Crippen LogP contribution in [0.25, 0.3) is 22.5 Å². The molecule has 0 N–H and O–H groups in total. The van der Waals surface area contributed by atoms with Crippen molar-refractivity contribution in [2.45, 2.75) is 13.0 Å². The molecule has 3 heterocycles. The average Bonchev–Trinajstić information content (AvgIpc) is 3.61. The Balaban J connectivity index is 1.64. The highest BCUT2D eigenvalue weighted by Gasteiger charge is 2.35. The first kappa shape index (κ1) is 25.0. The zero-order valence-corrected chi connectivity index (χ0v) is 22.9. The van der Waals surface area contributed by atoms with Crippen LogP contribution in [-0.4, -0.2) is 24.3 Å². The summed E-state index contributed by atoms with van der Waals surface area (Å²) in [6, 6.07) is 24.6. The number of hydrogen-bond donors (Lipinski definition) is 0. The summed E-state index contributed by atoms with van der Waals surface area (Å²) in [4.78, 5) is 33.8. The van der Waals surface area contributed by atoms with E-state index in [9.17, 15) is 9.59 Å². The fourth-order valence-corrected chi connectivity index (χ4v) is 6.71. The first-order chi connectivity index (χ1) is 19.1. The number of esters is 1. The molecule has 0 amide bonds. The molecule has 0 fully saturated rings. The quantitative estimate of drug-likeness (QED) is 0.273. The number of carbonyl (C=O) groups excluding carboxylic acids is 1. The maximum absolute atomic E-state index is 14.0. The van der Waals surface area contributed by atoms with Gasteiger partial charge in [-0.15, -0.1) is 11.3 Å². The molecule has 0 saturated heterocycles. The van der Waals surface area contributed by atoms with E-state index in [4.69, 9.17) is 14.5 Å². The molecular formula is C31H24N2O4S2. The third-order valence-corrected chi connectivity index (χ3v) is 8.52. The summed E-state index contributed by atoms with van der Waals surface area (Å²) in [6.07, 6.45) is 1.90. The Morgan fingerprint density at radius 1 is 1.00 bits per heavy atom. The SMILES string of the molecule is CCOC(=O)C1=C(c2ccccc2)N=c2sc(=Cc3ccc(OC)c4ccccc34)c(=O)n2[C@H]1c1cccs1. The highest BCUT2D eigenvalue weighted by Crippen LogP contribution is 2.37. The molecule has 0 unspecified atom stereocenters. The molecule has 8 heteroatoms. The second-order valence-electron chi connectivity index (χ2n) is 8.85. The third-order valence-electron chi connectivity index (χ3n) is 6.61. The highest BCUT2D eigenvalue weighted by molar-refractivity contribution is 7.10. The Kier molecular flexibility index (Phi) is 6.72. The van der Waals surface area contributed by atoms with Crippen molar-refractivity contribution in [1.82, 2.24) is 4.57 Å². The summed E-state index contributed by atoms with van der Waals surface area (Å²) in [7, 11) is 1.65. The topological polar surface area (TPSA) is 69.9 Å². The van der Waals surface area contributed by atoms with Crippen LogP contribution in [0.5, 0.6) is 5.75 Å². The van der Waals surface area contributed by atoms with Crippen LogP contribution < -0.4 is 19.6 Å². The molecule has 2 aromatic heterocycles. The molecule has 1 atom stereocenters. The Hall–Kier alpha value is -4.27. The maximum atomic E-state index is 14.0. The van der Waals surface area contributed by atoms with Crippen molar-refractivity contribution in [3.63, 3.8) is 0 Å². The number of aromatic nitrogens is 1. The van der Waals surface area contributed by atoms with Gasteiger partial charge in [0.1, 0.15) is 11.8 Å². The van der Waals surface area contributed by atoms with Crippen LogP contribution in [0, 0.1) is 0 Å². The van der Waals surface area contributed by atoms with E-state index in [0.717, 1.165) is 32.5 Å². The first-order valence-corrected chi connectivity index (χ1v) is 14.2. The molecule has 39 heavy (non-hydrogen) atoms. The van der Waals surface area contributed by atoms with E-state index in [-0.39, 0.29) is 12.2 Å². The van der Waals surface area contributed by atoms with Crippen molar-refractivity contribution in [3.8, 4) is 5.75 Å². The van der Waals surface area contributed by atoms with Crippen molar-refractivity contribution in [2.75, 3.05) is 13.7 Å². The molecule has 5 aromatic rings. The molecule has 0 spiro atoms. The molecule has 3 aromatic carbocycles. The zero-order chi connectivity index (χ0) is 26.9. The summed E-state index contributed by atoms with van der Waals surface area (Å²) in [5.41, 5.74) is 2.37. The van der Waals surface area contributed by atoms with Gasteiger partial charge in [-0.05, 0) is 41.5 Å². The van der Waals surface area contributed by atoms with Gasteiger partial charge in [0.05, 0.1) is 29.5 Å². The number of fused-ring (bicyclic) bond motifs is 2. The Morgan fingerprint density at radius 3 is 2.49 bits per heavy atom. The molecule has 1 aliphatic heterocycles. The second-order valence-corrected chi connectivity index (χ2v) is 10.8. The minimum Gasteiger partial charge on any atom is -0.496 e. The maximum Gasteiger partial charge on any atom is 0.338 e. The van der Waals surface area contributed by atoms with Gasteiger partial charge in [-0.25, -0.2) is 9.79 Å². The molecule has 0 radical (unpaired) electrons. The van der Waals surface area contributed by atoms with E-state index in [1.807, 2.05) is 90.3 Å². The van der Waals surface area contributed by atoms with Gasteiger partial charge in [-0.3, -0.25) is 9.36 Å². The molecule has 0 bridgehead atoms. The summed E-state index contributed by atoms with van der Waals surface area (Å²) < 4.78 is 13.2. The van der Waals surface area contributed by atoms with Gasteiger partial charge in [-0.2, -0.15) is 0 Å². The number of nitrogens with zero attached hydrogens (tertiary/aromatic N) is 2. The molecule has 6 rings (SSSR count). The summed E-state index contributed by atoms with van der Waals surface area (Å²) in [6.45, 7) is 1.99. The number of rotatable bonds is 6.